The molecule has 0 aromatic heterocycles. The molecule has 1 heterocycles. The lowest BCUT2D eigenvalue weighted by Crippen LogP contribution is -2.22. The molecular weight excluding hydrogens is 422 g/mol. The standard InChI is InChI=1S/C34H31N/c1-23-17-26-14-16-31-30-10-6-5-9-25(30)13-15-32(31)34(26)19-33(23)27-11-12-28-21-35(22-29(28)18-27)20-24-7-3-2-4-8-24/h2-16,18,23,33H,17,19-22H2,1H3. The zero-order valence-corrected chi connectivity index (χ0v) is 20.4. The van der Waals surface area contributed by atoms with E-state index >= 15 is 0 Å². The van der Waals surface area contributed by atoms with Crippen molar-refractivity contribution in [2.75, 3.05) is 0 Å². The Morgan fingerprint density at radius 3 is 2.34 bits per heavy atom. The maximum atomic E-state index is 2.57. The molecule has 0 amide bonds. The smallest absolute Gasteiger partial charge is 0.0244 e. The van der Waals surface area contributed by atoms with Gasteiger partial charge < -0.3 is 0 Å². The van der Waals surface area contributed by atoms with Crippen molar-refractivity contribution in [3.63, 3.8) is 0 Å². The van der Waals surface area contributed by atoms with Gasteiger partial charge in [0, 0.05) is 19.6 Å². The van der Waals surface area contributed by atoms with Gasteiger partial charge in [0.05, 0.1) is 0 Å². The topological polar surface area (TPSA) is 3.24 Å². The Morgan fingerprint density at radius 1 is 0.657 bits per heavy atom. The van der Waals surface area contributed by atoms with E-state index < -0.39 is 0 Å². The number of hydrogen-bond donors (Lipinski definition) is 0. The Morgan fingerprint density at radius 2 is 1.43 bits per heavy atom. The summed E-state index contributed by atoms with van der Waals surface area (Å²) in [5, 5.41) is 5.56. The highest BCUT2D eigenvalue weighted by molar-refractivity contribution is 6.08. The Bertz CT molecular complexity index is 1550. The van der Waals surface area contributed by atoms with Crippen LogP contribution in [-0.2, 0) is 32.5 Å². The van der Waals surface area contributed by atoms with Gasteiger partial charge in [-0.15, -0.1) is 0 Å². The predicted octanol–water partition coefficient (Wildman–Crippen LogP) is 8.03. The van der Waals surface area contributed by atoms with Crippen molar-refractivity contribution >= 4 is 21.5 Å². The van der Waals surface area contributed by atoms with Gasteiger partial charge in [-0.1, -0.05) is 104 Å². The highest BCUT2D eigenvalue weighted by Crippen LogP contribution is 2.42. The fraction of sp³-hybridized carbons (Fsp3) is 0.235. The van der Waals surface area contributed by atoms with Crippen LogP contribution in [0.3, 0.4) is 0 Å². The van der Waals surface area contributed by atoms with E-state index in [1.807, 2.05) is 0 Å². The third-order valence-corrected chi connectivity index (χ3v) is 8.48. The first kappa shape index (κ1) is 20.9. The van der Waals surface area contributed by atoms with Gasteiger partial charge in [0.1, 0.15) is 0 Å². The minimum atomic E-state index is 0.577. The highest BCUT2D eigenvalue weighted by atomic mass is 15.1. The summed E-state index contributed by atoms with van der Waals surface area (Å²) < 4.78 is 0. The average molecular weight is 454 g/mol. The SMILES string of the molecule is CC1Cc2ccc3c(ccc4ccccc43)c2CC1c1ccc2c(c1)CN(Cc1ccccc1)C2. The van der Waals surface area contributed by atoms with Gasteiger partial charge >= 0.3 is 0 Å². The molecule has 5 aromatic rings. The van der Waals surface area contributed by atoms with Crippen LogP contribution in [0.4, 0.5) is 0 Å². The number of rotatable bonds is 3. The van der Waals surface area contributed by atoms with E-state index in [1.165, 1.54) is 50.2 Å². The second-order valence-electron chi connectivity index (χ2n) is 10.7. The van der Waals surface area contributed by atoms with Gasteiger partial charge in [-0.25, -0.2) is 0 Å². The van der Waals surface area contributed by atoms with Crippen LogP contribution in [0.2, 0.25) is 0 Å². The van der Waals surface area contributed by atoms with Crippen LogP contribution in [0.25, 0.3) is 21.5 Å². The normalized spacial score (nSPS) is 19.7. The fourth-order valence-electron chi connectivity index (χ4n) is 6.65. The molecule has 0 N–H and O–H groups in total. The van der Waals surface area contributed by atoms with Crippen LogP contribution in [0, 0.1) is 5.92 Å². The van der Waals surface area contributed by atoms with Gasteiger partial charge in [-0.3, -0.25) is 4.90 Å². The summed E-state index contributed by atoms with van der Waals surface area (Å²) in [5.74, 6) is 1.23. The average Bonchev–Trinajstić information content (AvgIpc) is 3.30. The molecule has 2 atom stereocenters. The Kier molecular flexibility index (Phi) is 4.99. The van der Waals surface area contributed by atoms with Gasteiger partial charge in [0.15, 0.2) is 0 Å². The van der Waals surface area contributed by atoms with Gasteiger partial charge in [0.2, 0.25) is 0 Å². The monoisotopic (exact) mass is 453 g/mol. The molecule has 2 aliphatic rings. The Labute approximate surface area is 208 Å². The maximum absolute atomic E-state index is 2.57. The molecule has 1 nitrogen and oxygen atoms in total. The molecule has 172 valence electrons. The molecule has 1 aliphatic carbocycles. The molecule has 35 heavy (non-hydrogen) atoms. The minimum absolute atomic E-state index is 0.577. The molecule has 5 aromatic carbocycles. The summed E-state index contributed by atoms with van der Waals surface area (Å²) in [6, 6.07) is 36.5. The van der Waals surface area contributed by atoms with Crippen molar-refractivity contribution in [3.8, 4) is 0 Å². The van der Waals surface area contributed by atoms with Crippen molar-refractivity contribution in [2.45, 2.75) is 45.3 Å². The zero-order valence-electron chi connectivity index (χ0n) is 20.4. The van der Waals surface area contributed by atoms with E-state index in [0.717, 1.165) is 26.1 Å². The largest absolute Gasteiger partial charge is 0.291 e. The zero-order chi connectivity index (χ0) is 23.4. The third-order valence-electron chi connectivity index (χ3n) is 8.48. The van der Waals surface area contributed by atoms with E-state index in [0.29, 0.717) is 11.8 Å². The molecule has 2 unspecified atom stereocenters. The quantitative estimate of drug-likeness (QED) is 0.250. The lowest BCUT2D eigenvalue weighted by Gasteiger charge is -2.32. The Hall–Kier alpha value is -3.42. The van der Waals surface area contributed by atoms with Crippen molar-refractivity contribution in [2.24, 2.45) is 5.92 Å². The van der Waals surface area contributed by atoms with Crippen LogP contribution in [-0.4, -0.2) is 4.90 Å². The lowest BCUT2D eigenvalue weighted by molar-refractivity contribution is 0.275. The van der Waals surface area contributed by atoms with Crippen molar-refractivity contribution in [1.82, 2.24) is 4.90 Å². The van der Waals surface area contributed by atoms with Crippen molar-refractivity contribution in [1.29, 1.82) is 0 Å². The second kappa shape index (κ2) is 8.36. The molecular formula is C34H31N. The summed E-state index contributed by atoms with van der Waals surface area (Å²) in [7, 11) is 0. The van der Waals surface area contributed by atoms with Gasteiger partial charge in [-0.2, -0.15) is 0 Å². The van der Waals surface area contributed by atoms with E-state index in [1.54, 1.807) is 11.1 Å². The van der Waals surface area contributed by atoms with Crippen LogP contribution >= 0.6 is 0 Å². The molecule has 0 fully saturated rings. The molecule has 0 saturated heterocycles. The molecule has 7 rings (SSSR count). The fourth-order valence-corrected chi connectivity index (χ4v) is 6.65. The van der Waals surface area contributed by atoms with E-state index in [9.17, 15) is 0 Å². The van der Waals surface area contributed by atoms with E-state index in [-0.39, 0.29) is 0 Å². The minimum Gasteiger partial charge on any atom is -0.291 e. The third kappa shape index (κ3) is 3.66. The number of nitrogens with zero attached hydrogens (tertiary/aromatic N) is 1. The summed E-state index contributed by atoms with van der Waals surface area (Å²) in [5.41, 5.74) is 9.08. The molecule has 0 spiro atoms. The number of hydrogen-bond acceptors (Lipinski definition) is 1. The maximum Gasteiger partial charge on any atom is 0.0244 e. The summed E-state index contributed by atoms with van der Waals surface area (Å²) >= 11 is 0. The predicted molar refractivity (Wildman–Crippen MR) is 147 cm³/mol. The van der Waals surface area contributed by atoms with Crippen LogP contribution in [0.15, 0.2) is 97.1 Å². The number of fused-ring (bicyclic) bond motifs is 6. The van der Waals surface area contributed by atoms with Crippen LogP contribution < -0.4 is 0 Å². The van der Waals surface area contributed by atoms with Gasteiger partial charge in [0.25, 0.3) is 0 Å². The first-order valence-electron chi connectivity index (χ1n) is 13.0. The molecule has 0 bridgehead atoms. The van der Waals surface area contributed by atoms with Crippen LogP contribution in [0.5, 0.6) is 0 Å². The summed E-state index contributed by atoms with van der Waals surface area (Å²) in [4.78, 5) is 2.57. The Balaban J connectivity index is 1.20. The highest BCUT2D eigenvalue weighted by Gasteiger charge is 2.29. The van der Waals surface area contributed by atoms with Gasteiger partial charge in [-0.05, 0) is 79.6 Å². The van der Waals surface area contributed by atoms with Crippen molar-refractivity contribution < 1.29 is 0 Å². The summed E-state index contributed by atoms with van der Waals surface area (Å²) in [6.45, 7) is 5.60. The first-order chi connectivity index (χ1) is 17.2. The molecule has 0 radical (unpaired) electrons. The first-order valence-corrected chi connectivity index (χ1v) is 13.0. The molecule has 1 heteroatoms. The van der Waals surface area contributed by atoms with E-state index in [4.69, 9.17) is 0 Å². The van der Waals surface area contributed by atoms with Crippen LogP contribution in [0.1, 0.15) is 46.2 Å². The van der Waals surface area contributed by atoms with E-state index in [2.05, 4.69) is 109 Å². The lowest BCUT2D eigenvalue weighted by atomic mass is 9.72. The van der Waals surface area contributed by atoms with Crippen molar-refractivity contribution in [3.05, 3.63) is 130 Å². The number of benzene rings is 5. The molecule has 0 saturated carbocycles. The second-order valence-corrected chi connectivity index (χ2v) is 10.7. The summed E-state index contributed by atoms with van der Waals surface area (Å²) in [6.07, 6.45) is 2.30. The molecule has 1 aliphatic heterocycles.